The summed E-state index contributed by atoms with van der Waals surface area (Å²) in [6.07, 6.45) is -20.0. The summed E-state index contributed by atoms with van der Waals surface area (Å²) >= 11 is 0. The van der Waals surface area contributed by atoms with E-state index in [1.54, 1.807) is 13.8 Å². The Bertz CT molecular complexity index is 5330. The Morgan fingerprint density at radius 3 is 1.28 bits per heavy atom. The average Bonchev–Trinajstić information content (AvgIpc) is 1.54. The number of rotatable bonds is 65. The van der Waals surface area contributed by atoms with Crippen LogP contribution < -0.4 is 43.8 Å². The summed E-state index contributed by atoms with van der Waals surface area (Å²) in [6, 6.07) is -2.27. The van der Waals surface area contributed by atoms with Gasteiger partial charge in [0.05, 0.1) is 130 Å². The van der Waals surface area contributed by atoms with Crippen LogP contribution in [0, 0.1) is 5.92 Å². The SMILES string of the molecule is CC(=O)N[C@H]1[C@H](OCCCCC(=O)NCCOCCOCO[C@@H]2[C@H](OP(=O)(O)OC[C@H]3O[C@@H](n4cnc5c(N)ncnc54)[C@H](OCOCCOCCNC(=O)CCCCO[C@H]4C[C@@H](O)[C@@H](O)[C@@H](CO)O4)[C@@H]3OC(C)C)[C@@H](COP(=O)(O)[C@@]3(C)[C@@H](C4CC4)O[C@@H](n4cnc5c(N)ncnc54)[C@@H]3OCOCCOCCNC(=O)CCCCO[C@@H]3O[C@H](CO)[C@H](O)[C@H](O)[C@H]3NC(C)=O)O[C@H]2n2cnc3c(N)ncnc32)O[C@H](CO)[C@H](O)[C@@H]1O. The molecular weight excluding hydrogens is 2040 g/mol. The summed E-state index contributed by atoms with van der Waals surface area (Å²) in [4.78, 5) is 127. The van der Waals surface area contributed by atoms with Crippen molar-refractivity contribution in [2.75, 3.05) is 170 Å². The van der Waals surface area contributed by atoms with Crippen LogP contribution in [0.15, 0.2) is 38.0 Å². The second-order valence-corrected chi connectivity index (χ2v) is 40.6. The van der Waals surface area contributed by atoms with E-state index in [1.807, 2.05) is 0 Å². The fourth-order valence-corrected chi connectivity index (χ4v) is 20.7. The molecule has 13 rings (SSSR count). The summed E-state index contributed by atoms with van der Waals surface area (Å²) in [7, 11) is -11.0. The van der Waals surface area contributed by atoms with E-state index in [9.17, 15) is 79.7 Å². The van der Waals surface area contributed by atoms with Gasteiger partial charge in [0.2, 0.25) is 29.5 Å². The Morgan fingerprint density at radius 2 is 0.853 bits per heavy atom. The lowest BCUT2D eigenvalue weighted by atomic mass is 9.95. The molecule has 6 aliphatic heterocycles. The van der Waals surface area contributed by atoms with Gasteiger partial charge in [-0.2, -0.15) is 0 Å². The van der Waals surface area contributed by atoms with Gasteiger partial charge in [0.1, 0.15) is 165 Å². The first-order valence-electron chi connectivity index (χ1n) is 49.6. The molecule has 842 valence electrons. The highest BCUT2D eigenvalue weighted by atomic mass is 31.2. The van der Waals surface area contributed by atoms with Crippen molar-refractivity contribution in [1.82, 2.24) is 85.1 Å². The maximum atomic E-state index is 16.3. The number of phosphoric acid groups is 1. The van der Waals surface area contributed by atoms with E-state index >= 15 is 9.13 Å². The van der Waals surface area contributed by atoms with E-state index in [4.69, 9.17) is 121 Å². The van der Waals surface area contributed by atoms with E-state index < -0.39 is 245 Å². The molecule has 0 bridgehead atoms. The summed E-state index contributed by atoms with van der Waals surface area (Å²) in [5, 5.41) is 102. The number of aliphatic hydroxyl groups excluding tert-OH is 9. The number of aliphatic hydroxyl groups is 9. The van der Waals surface area contributed by atoms with E-state index in [0.717, 1.165) is 6.33 Å². The van der Waals surface area contributed by atoms with Gasteiger partial charge < -0.3 is 194 Å². The highest BCUT2D eigenvalue weighted by Crippen LogP contribution is 2.68. The highest BCUT2D eigenvalue weighted by Gasteiger charge is 2.69. The Kier molecular flexibility index (Phi) is 45.3. The second-order valence-electron chi connectivity index (χ2n) is 36.9. The highest BCUT2D eigenvalue weighted by molar-refractivity contribution is 7.54. The number of nitrogens with two attached hydrogens (primary N) is 3. The van der Waals surface area contributed by atoms with Crippen molar-refractivity contribution in [2.24, 2.45) is 5.92 Å². The van der Waals surface area contributed by atoms with Crippen molar-refractivity contribution in [1.29, 1.82) is 0 Å². The Labute approximate surface area is 859 Å². The second kappa shape index (κ2) is 57.3. The first-order chi connectivity index (χ1) is 72.1. The van der Waals surface area contributed by atoms with Crippen LogP contribution in [0.4, 0.5) is 17.5 Å². The molecule has 150 heavy (non-hydrogen) atoms. The number of nitrogens with zero attached hydrogens (tertiary/aromatic N) is 12. The first kappa shape index (κ1) is 119. The van der Waals surface area contributed by atoms with Crippen LogP contribution >= 0.6 is 15.4 Å². The van der Waals surface area contributed by atoms with E-state index in [1.165, 1.54) is 66.1 Å². The standard InChI is InChI=1S/C88H140N20O40P2/c1-47(2)141-71-55(143-83(106-41-101-63-77(89)95-38-98-80(63)106)73(71)136-44-130-29-26-127-23-17-92-57(115)12-6-9-20-133-60-32-51(114)66(118)52(33-109)142-60)37-140-150(125,126)148-72-56(144-84(107-42-102-64-78(90)96-39-99-81(64)107)74(72)137-45-131-30-27-128-24-18-93-58(116)13-7-10-21-134-86-61(104-48(3)112)69(121)67(119)53(34-110)145-86)36-139-149(123,124)88(5)75(50-15-16-50)147-85(108-43-103-65-79(91)97-40-100-82(65)108)76(88)138-46-132-31-28-129-25-19-94-59(117)14-8-11-22-135-87-62(105-49(4)113)70(122)68(120)54(35-111)146-87/h38-43,47,50-56,60-62,66-76,83-87,109-111,114,118-122H,6-37,44-46H2,1-5H3,(H,92,115)(H,93,116)(H,94,117)(H,104,112)(H,105,113)(H,123,124)(H,125,126)(H2,89,95,98)(H2,90,96,99)(H2,91,97,100)/t51-,52-,53-,54-,55-,56-,60-,61-,62-,66-,67+,68+,69-,70-,71-,72-,73-,74-,75-,76+,83-,84-,85-,86-,87-,88+/m1/s1. The van der Waals surface area contributed by atoms with Crippen LogP contribution in [0.1, 0.15) is 130 Å². The Hall–Kier alpha value is -8.46. The molecule has 2 unspecified atom stereocenters. The number of unbranched alkanes of at least 4 members (excludes halogenated alkanes) is 3. The van der Waals surface area contributed by atoms with Crippen LogP contribution in [-0.4, -0.2) is 442 Å². The van der Waals surface area contributed by atoms with Crippen molar-refractivity contribution in [3.05, 3.63) is 38.0 Å². The lowest BCUT2D eigenvalue weighted by molar-refractivity contribution is -0.270. The van der Waals surface area contributed by atoms with Gasteiger partial charge in [-0.3, -0.25) is 51.3 Å². The predicted octanol–water partition coefficient (Wildman–Crippen LogP) is -4.64. The number of carbonyl (C=O) groups is 5. The molecule has 1 saturated carbocycles. The topological polar surface area (TPSA) is 814 Å². The zero-order chi connectivity index (χ0) is 107. The average molecular weight is 2180 g/mol. The summed E-state index contributed by atoms with van der Waals surface area (Å²) in [6.45, 7) is 2.58. The van der Waals surface area contributed by atoms with Gasteiger partial charge >= 0.3 is 15.4 Å². The zero-order valence-electron chi connectivity index (χ0n) is 83.6. The molecule has 6 saturated heterocycles. The van der Waals surface area contributed by atoms with Gasteiger partial charge in [-0.1, -0.05) is 0 Å². The molecular formula is C88H140N20O40P2. The third kappa shape index (κ3) is 31.5. The molecule has 5 amide bonds. The molecule has 7 fully saturated rings. The van der Waals surface area contributed by atoms with Crippen molar-refractivity contribution in [2.45, 2.75) is 276 Å². The van der Waals surface area contributed by atoms with Crippen molar-refractivity contribution in [3.8, 4) is 0 Å². The van der Waals surface area contributed by atoms with Gasteiger partial charge in [0.25, 0.3) is 0 Å². The maximum Gasteiger partial charge on any atom is 0.472 e. The first-order valence-corrected chi connectivity index (χ1v) is 52.6. The summed E-state index contributed by atoms with van der Waals surface area (Å²) < 4.78 is 170. The summed E-state index contributed by atoms with van der Waals surface area (Å²) in [5.74, 6) is -2.33. The molecule has 12 heterocycles. The molecule has 60 nitrogen and oxygen atoms in total. The number of aromatic nitrogens is 12. The van der Waals surface area contributed by atoms with E-state index in [2.05, 4.69) is 71.4 Å². The van der Waals surface area contributed by atoms with Gasteiger partial charge in [-0.05, 0) is 78.1 Å². The Balaban J connectivity index is 0.677. The molecule has 22 N–H and O–H groups in total. The van der Waals surface area contributed by atoms with Crippen LogP contribution in [0.3, 0.4) is 0 Å². The van der Waals surface area contributed by atoms with Gasteiger partial charge in [-0.25, -0.2) is 49.4 Å². The minimum Gasteiger partial charge on any atom is -0.394 e. The zero-order valence-corrected chi connectivity index (χ0v) is 85.3. The number of anilines is 3. The summed E-state index contributed by atoms with van der Waals surface area (Å²) in [5.41, 5.74) is 19.7. The number of hydrogen-bond acceptors (Lipinski definition) is 50. The monoisotopic (exact) mass is 2180 g/mol. The molecule has 6 aromatic rings. The number of carbonyl (C=O) groups excluding carboxylic acids is 5. The lowest BCUT2D eigenvalue weighted by Gasteiger charge is -2.42. The molecule has 0 spiro atoms. The number of ether oxygens (including phenoxy) is 19. The van der Waals surface area contributed by atoms with Crippen molar-refractivity contribution >= 4 is 95.9 Å². The van der Waals surface area contributed by atoms with Gasteiger partial charge in [-0.15, -0.1) is 0 Å². The number of nitrogens with one attached hydrogen (secondary N) is 5. The van der Waals surface area contributed by atoms with E-state index in [0.29, 0.717) is 51.4 Å². The molecule has 0 aromatic carbocycles. The largest absolute Gasteiger partial charge is 0.472 e. The number of amides is 5. The van der Waals surface area contributed by atoms with E-state index in [-0.39, 0.29) is 199 Å². The number of fused-ring (bicyclic) bond motifs is 3. The molecule has 62 heteroatoms. The van der Waals surface area contributed by atoms with Crippen LogP contribution in [0.2, 0.25) is 0 Å². The number of imidazole rings is 3. The molecule has 1 aliphatic carbocycles. The minimum absolute atomic E-state index is 0.000221. The minimum atomic E-state index is -5.64. The third-order valence-electron chi connectivity index (χ3n) is 25.7. The van der Waals surface area contributed by atoms with Crippen LogP contribution in [-0.2, 0) is 137 Å². The van der Waals surface area contributed by atoms with Gasteiger partial charge in [0, 0.05) is 79.0 Å². The maximum absolute atomic E-state index is 16.3. The number of nitrogen functional groups attached to an aromatic ring is 3. The molecule has 7 aliphatic rings. The Morgan fingerprint density at radius 1 is 0.453 bits per heavy atom. The quantitative estimate of drug-likeness (QED) is 0.00970. The lowest BCUT2D eigenvalue weighted by Crippen LogP contribution is -2.64. The smallest absolute Gasteiger partial charge is 0.394 e. The molecule has 0 radical (unpaired) electrons. The predicted molar refractivity (Wildman–Crippen MR) is 510 cm³/mol. The van der Waals surface area contributed by atoms with Crippen LogP contribution in [0.25, 0.3) is 33.5 Å². The van der Waals surface area contributed by atoms with Gasteiger partial charge in [0.15, 0.2) is 71.9 Å². The fourth-order valence-electron chi connectivity index (χ4n) is 17.9. The number of hydrogen-bond donors (Lipinski definition) is 19. The van der Waals surface area contributed by atoms with Crippen molar-refractivity contribution in [3.63, 3.8) is 0 Å². The number of phosphoric ester groups is 1. The molecule has 28 atom stereocenters. The van der Waals surface area contributed by atoms with Crippen LogP contribution in [0.5, 0.6) is 0 Å². The fraction of sp³-hybridized carbons (Fsp3) is 0.773. The molecule has 6 aromatic heterocycles. The van der Waals surface area contributed by atoms with Crippen molar-refractivity contribution < 1.29 is 192 Å². The third-order valence-corrected chi connectivity index (χ3v) is 28.9. The normalized spacial score (nSPS) is 29.9.